The molecule has 1 aromatic heterocycles. The highest BCUT2D eigenvalue weighted by atomic mass is 16.5. The maximum atomic E-state index is 12.8. The first-order chi connectivity index (χ1) is 10.7. The Bertz CT molecular complexity index is 592. The number of carbonyl (C=O) groups is 1. The van der Waals surface area contributed by atoms with Crippen LogP contribution in [0.5, 0.6) is 0 Å². The maximum Gasteiger partial charge on any atom is 0.245 e. The molecule has 2 saturated heterocycles. The number of nitriles is 1. The molecule has 0 aliphatic carbocycles. The van der Waals surface area contributed by atoms with Gasteiger partial charge in [0.2, 0.25) is 5.91 Å². The highest BCUT2D eigenvalue weighted by molar-refractivity contribution is 5.86. The number of methoxy groups -OCH3 is 1. The zero-order valence-corrected chi connectivity index (χ0v) is 12.7. The standard InChI is InChI=1S/C16H20N4O2/c1-22-13-9-14(16(21)19-7-2-3-8-19)20(11-13)15-6-4-5-12(10-17)18-15/h4-6,13-14H,2-3,7-9,11H2,1H3/t13-,14-/m0/s1. The average Bonchev–Trinajstić information content (AvgIpc) is 3.23. The minimum atomic E-state index is -0.246. The van der Waals surface area contributed by atoms with Crippen LogP contribution in [-0.2, 0) is 9.53 Å². The van der Waals surface area contributed by atoms with Gasteiger partial charge in [-0.3, -0.25) is 4.79 Å². The van der Waals surface area contributed by atoms with Crippen LogP contribution in [0, 0.1) is 11.3 Å². The van der Waals surface area contributed by atoms with Crippen molar-refractivity contribution < 1.29 is 9.53 Å². The SMILES string of the molecule is CO[C@H]1C[C@@H](C(=O)N2CCCC2)N(c2cccc(C#N)n2)C1. The molecule has 0 spiro atoms. The first-order valence-corrected chi connectivity index (χ1v) is 7.68. The zero-order chi connectivity index (χ0) is 15.5. The molecular weight excluding hydrogens is 280 g/mol. The van der Waals surface area contributed by atoms with E-state index in [1.54, 1.807) is 19.2 Å². The molecule has 6 nitrogen and oxygen atoms in total. The van der Waals surface area contributed by atoms with E-state index in [0.717, 1.165) is 25.9 Å². The maximum absolute atomic E-state index is 12.8. The third-order valence-corrected chi connectivity index (χ3v) is 4.44. The second kappa shape index (κ2) is 6.32. The number of nitrogens with zero attached hydrogens (tertiary/aromatic N) is 4. The van der Waals surface area contributed by atoms with Gasteiger partial charge in [0.15, 0.2) is 0 Å². The van der Waals surface area contributed by atoms with Crippen molar-refractivity contribution in [2.45, 2.75) is 31.4 Å². The summed E-state index contributed by atoms with van der Waals surface area (Å²) < 4.78 is 5.46. The average molecular weight is 300 g/mol. The number of hydrogen-bond acceptors (Lipinski definition) is 5. The third-order valence-electron chi connectivity index (χ3n) is 4.44. The predicted molar refractivity (Wildman–Crippen MR) is 81.3 cm³/mol. The highest BCUT2D eigenvalue weighted by Crippen LogP contribution is 2.28. The molecule has 0 N–H and O–H groups in total. The lowest BCUT2D eigenvalue weighted by Gasteiger charge is -2.28. The normalized spacial score (nSPS) is 24.5. The van der Waals surface area contributed by atoms with Crippen molar-refractivity contribution in [3.63, 3.8) is 0 Å². The Labute approximate surface area is 130 Å². The van der Waals surface area contributed by atoms with Gasteiger partial charge in [-0.05, 0) is 25.0 Å². The topological polar surface area (TPSA) is 69.5 Å². The van der Waals surface area contributed by atoms with Crippen LogP contribution in [0.4, 0.5) is 5.82 Å². The van der Waals surface area contributed by atoms with Gasteiger partial charge in [-0.25, -0.2) is 4.98 Å². The van der Waals surface area contributed by atoms with E-state index >= 15 is 0 Å². The molecule has 2 aliphatic rings. The summed E-state index contributed by atoms with van der Waals surface area (Å²) in [5, 5.41) is 9.02. The van der Waals surface area contributed by atoms with Gasteiger partial charge in [-0.2, -0.15) is 5.26 Å². The van der Waals surface area contributed by atoms with E-state index < -0.39 is 0 Å². The summed E-state index contributed by atoms with van der Waals surface area (Å²) in [6.07, 6.45) is 2.84. The lowest BCUT2D eigenvalue weighted by Crippen LogP contribution is -2.45. The zero-order valence-electron chi connectivity index (χ0n) is 12.7. The molecule has 116 valence electrons. The van der Waals surface area contributed by atoms with Gasteiger partial charge < -0.3 is 14.5 Å². The number of aromatic nitrogens is 1. The third kappa shape index (κ3) is 2.77. The molecule has 1 amide bonds. The molecule has 3 heterocycles. The molecule has 6 heteroatoms. The molecule has 0 saturated carbocycles. The molecule has 0 aromatic carbocycles. The second-order valence-electron chi connectivity index (χ2n) is 5.79. The van der Waals surface area contributed by atoms with E-state index in [1.807, 2.05) is 15.9 Å². The van der Waals surface area contributed by atoms with E-state index in [2.05, 4.69) is 11.1 Å². The Morgan fingerprint density at radius 3 is 2.86 bits per heavy atom. The first-order valence-electron chi connectivity index (χ1n) is 7.68. The lowest BCUT2D eigenvalue weighted by atomic mass is 10.1. The molecular formula is C16H20N4O2. The van der Waals surface area contributed by atoms with Crippen LogP contribution in [0.15, 0.2) is 18.2 Å². The van der Waals surface area contributed by atoms with Crippen LogP contribution in [0.3, 0.4) is 0 Å². The van der Waals surface area contributed by atoms with Gasteiger partial charge in [0.1, 0.15) is 23.6 Å². The molecule has 0 radical (unpaired) electrons. The highest BCUT2D eigenvalue weighted by Gasteiger charge is 2.40. The Morgan fingerprint density at radius 2 is 2.18 bits per heavy atom. The van der Waals surface area contributed by atoms with Crippen LogP contribution in [0.2, 0.25) is 0 Å². The van der Waals surface area contributed by atoms with E-state index in [-0.39, 0.29) is 18.1 Å². The number of ether oxygens (including phenoxy) is 1. The monoisotopic (exact) mass is 300 g/mol. The van der Waals surface area contributed by atoms with E-state index in [0.29, 0.717) is 24.5 Å². The van der Waals surface area contributed by atoms with E-state index in [1.165, 1.54) is 0 Å². The molecule has 2 fully saturated rings. The van der Waals surface area contributed by atoms with Gasteiger partial charge in [0.05, 0.1) is 6.10 Å². The molecule has 2 aliphatic heterocycles. The molecule has 2 atom stereocenters. The quantitative estimate of drug-likeness (QED) is 0.838. The minimum Gasteiger partial charge on any atom is -0.380 e. The van der Waals surface area contributed by atoms with Crippen molar-refractivity contribution in [1.82, 2.24) is 9.88 Å². The Balaban J connectivity index is 1.85. The summed E-state index contributed by atoms with van der Waals surface area (Å²) in [5.74, 6) is 0.831. The summed E-state index contributed by atoms with van der Waals surface area (Å²) >= 11 is 0. The van der Waals surface area contributed by atoms with Crippen molar-refractivity contribution in [1.29, 1.82) is 5.26 Å². The fourth-order valence-corrected chi connectivity index (χ4v) is 3.25. The molecule has 3 rings (SSSR count). The van der Waals surface area contributed by atoms with E-state index in [4.69, 9.17) is 10.00 Å². The van der Waals surface area contributed by atoms with Gasteiger partial charge in [-0.15, -0.1) is 0 Å². The van der Waals surface area contributed by atoms with Crippen LogP contribution < -0.4 is 4.90 Å². The fourth-order valence-electron chi connectivity index (χ4n) is 3.25. The Kier molecular flexibility index (Phi) is 4.25. The summed E-state index contributed by atoms with van der Waals surface area (Å²) in [7, 11) is 1.67. The number of amides is 1. The smallest absolute Gasteiger partial charge is 0.245 e. The number of pyridine rings is 1. The minimum absolute atomic E-state index is 0.0177. The summed E-state index contributed by atoms with van der Waals surface area (Å²) in [6, 6.07) is 7.13. The lowest BCUT2D eigenvalue weighted by molar-refractivity contribution is -0.131. The molecule has 0 unspecified atom stereocenters. The fraction of sp³-hybridized carbons (Fsp3) is 0.562. The van der Waals surface area contributed by atoms with Crippen molar-refractivity contribution >= 4 is 11.7 Å². The molecule has 1 aromatic rings. The number of anilines is 1. The van der Waals surface area contributed by atoms with Gasteiger partial charge in [-0.1, -0.05) is 6.07 Å². The largest absolute Gasteiger partial charge is 0.380 e. The summed E-state index contributed by atoms with van der Waals surface area (Å²) in [6.45, 7) is 2.31. The van der Waals surface area contributed by atoms with Crippen LogP contribution in [-0.4, -0.2) is 54.7 Å². The second-order valence-corrected chi connectivity index (χ2v) is 5.79. The van der Waals surface area contributed by atoms with Crippen molar-refractivity contribution in [3.8, 4) is 6.07 Å². The summed E-state index contributed by atoms with van der Waals surface area (Å²) in [4.78, 5) is 21.0. The Hall–Kier alpha value is -2.13. The van der Waals surface area contributed by atoms with Crippen molar-refractivity contribution in [3.05, 3.63) is 23.9 Å². The van der Waals surface area contributed by atoms with Crippen LogP contribution >= 0.6 is 0 Å². The van der Waals surface area contributed by atoms with Crippen molar-refractivity contribution in [2.75, 3.05) is 31.6 Å². The molecule has 22 heavy (non-hydrogen) atoms. The van der Waals surface area contributed by atoms with Gasteiger partial charge in [0.25, 0.3) is 0 Å². The predicted octanol–water partition coefficient (Wildman–Crippen LogP) is 1.17. The number of hydrogen-bond donors (Lipinski definition) is 0. The van der Waals surface area contributed by atoms with Crippen LogP contribution in [0.1, 0.15) is 25.0 Å². The van der Waals surface area contributed by atoms with Crippen LogP contribution in [0.25, 0.3) is 0 Å². The van der Waals surface area contributed by atoms with E-state index in [9.17, 15) is 4.79 Å². The first kappa shape index (κ1) is 14.8. The summed E-state index contributed by atoms with van der Waals surface area (Å²) in [5.41, 5.74) is 0.366. The Morgan fingerprint density at radius 1 is 1.41 bits per heavy atom. The number of likely N-dealkylation sites (tertiary alicyclic amines) is 1. The van der Waals surface area contributed by atoms with Gasteiger partial charge in [0, 0.05) is 33.2 Å². The van der Waals surface area contributed by atoms with Crippen molar-refractivity contribution in [2.24, 2.45) is 0 Å². The van der Waals surface area contributed by atoms with Gasteiger partial charge >= 0.3 is 0 Å². The number of rotatable bonds is 3. The number of carbonyl (C=O) groups excluding carboxylic acids is 1. The molecule has 0 bridgehead atoms.